The first-order valence-electron chi connectivity index (χ1n) is 8.15. The molecule has 3 rings (SSSR count). The van der Waals surface area contributed by atoms with Gasteiger partial charge >= 0.3 is 5.97 Å². The van der Waals surface area contributed by atoms with Crippen LogP contribution in [0, 0.1) is 12.8 Å². The number of aryl methyl sites for hydroxylation is 1. The predicted octanol–water partition coefficient (Wildman–Crippen LogP) is 3.63. The number of hydrogen-bond donors (Lipinski definition) is 0. The minimum Gasteiger partial charge on any atom is -0.464 e. The quantitative estimate of drug-likeness (QED) is 0.655. The van der Waals surface area contributed by atoms with Crippen LogP contribution in [0.1, 0.15) is 19.4 Å². The summed E-state index contributed by atoms with van der Waals surface area (Å²) in [5.41, 5.74) is 2.76. The van der Waals surface area contributed by atoms with Gasteiger partial charge in [-0.3, -0.25) is 14.2 Å². The molecule has 2 heterocycles. The third kappa shape index (κ3) is 3.79. The highest BCUT2D eigenvalue weighted by molar-refractivity contribution is 7.17. The van der Waals surface area contributed by atoms with E-state index in [4.69, 9.17) is 4.74 Å². The van der Waals surface area contributed by atoms with Gasteiger partial charge in [-0.25, -0.2) is 4.98 Å². The summed E-state index contributed by atoms with van der Waals surface area (Å²) in [6, 6.07) is 8.00. The summed E-state index contributed by atoms with van der Waals surface area (Å²) in [6.45, 7) is 6.17. The Morgan fingerprint density at radius 3 is 2.68 bits per heavy atom. The Hall–Kier alpha value is -2.47. The van der Waals surface area contributed by atoms with Gasteiger partial charge in [0.1, 0.15) is 11.4 Å². The highest BCUT2D eigenvalue weighted by Gasteiger charge is 2.15. The average Bonchev–Trinajstić information content (AvgIpc) is 3.01. The third-order valence-electron chi connectivity index (χ3n) is 3.80. The summed E-state index contributed by atoms with van der Waals surface area (Å²) in [5, 5.41) is 2.48. The normalized spacial score (nSPS) is 11.2. The van der Waals surface area contributed by atoms with Gasteiger partial charge in [0.25, 0.3) is 5.56 Å². The van der Waals surface area contributed by atoms with E-state index in [2.05, 4.69) is 4.98 Å². The number of carbonyl (C=O) groups is 1. The molecule has 0 aliphatic heterocycles. The Labute approximate surface area is 149 Å². The van der Waals surface area contributed by atoms with Crippen molar-refractivity contribution in [2.75, 3.05) is 6.61 Å². The summed E-state index contributed by atoms with van der Waals surface area (Å²) < 4.78 is 6.48. The minimum atomic E-state index is -0.427. The van der Waals surface area contributed by atoms with Crippen molar-refractivity contribution in [2.24, 2.45) is 5.92 Å². The number of aromatic nitrogens is 2. The van der Waals surface area contributed by atoms with Gasteiger partial charge in [-0.05, 0) is 18.4 Å². The first-order chi connectivity index (χ1) is 12.0. The number of carbonyl (C=O) groups excluding carboxylic acids is 1. The Bertz CT molecular complexity index is 955. The number of hydrogen-bond acceptors (Lipinski definition) is 5. The zero-order valence-electron chi connectivity index (χ0n) is 14.5. The maximum absolute atomic E-state index is 12.8. The van der Waals surface area contributed by atoms with E-state index in [0.717, 1.165) is 16.7 Å². The van der Waals surface area contributed by atoms with Crippen molar-refractivity contribution in [3.8, 4) is 11.1 Å². The van der Waals surface area contributed by atoms with Crippen LogP contribution in [0.5, 0.6) is 0 Å². The molecular formula is C19H20N2O3S. The fourth-order valence-electron chi connectivity index (χ4n) is 2.47. The zero-order chi connectivity index (χ0) is 18.0. The Morgan fingerprint density at radius 1 is 1.28 bits per heavy atom. The average molecular weight is 356 g/mol. The third-order valence-corrected chi connectivity index (χ3v) is 4.69. The smallest absolute Gasteiger partial charge is 0.326 e. The van der Waals surface area contributed by atoms with Crippen LogP contribution in [0.2, 0.25) is 0 Å². The standard InChI is InChI=1S/C19H20N2O3S/c1-12(2)9-24-16(22)8-21-11-20-18-17(19(21)23)15(10-25-18)14-6-4-13(3)5-7-14/h4-7,10-12H,8-9H2,1-3H3. The molecule has 3 aromatic rings. The van der Waals surface area contributed by atoms with E-state index in [1.807, 2.05) is 50.4 Å². The fraction of sp³-hybridized carbons (Fsp3) is 0.316. The molecule has 0 atom stereocenters. The topological polar surface area (TPSA) is 61.2 Å². The fourth-order valence-corrected chi connectivity index (χ4v) is 3.38. The van der Waals surface area contributed by atoms with E-state index in [1.165, 1.54) is 22.2 Å². The molecule has 0 amide bonds. The van der Waals surface area contributed by atoms with Crippen molar-refractivity contribution in [1.29, 1.82) is 0 Å². The van der Waals surface area contributed by atoms with Gasteiger partial charge in [-0.1, -0.05) is 43.7 Å². The highest BCUT2D eigenvalue weighted by Crippen LogP contribution is 2.30. The van der Waals surface area contributed by atoms with Crippen molar-refractivity contribution in [3.63, 3.8) is 0 Å². The maximum atomic E-state index is 12.8. The van der Waals surface area contributed by atoms with E-state index >= 15 is 0 Å². The van der Waals surface area contributed by atoms with Crippen LogP contribution in [0.25, 0.3) is 21.3 Å². The van der Waals surface area contributed by atoms with Crippen LogP contribution in [-0.4, -0.2) is 22.1 Å². The maximum Gasteiger partial charge on any atom is 0.326 e. The molecule has 0 saturated carbocycles. The summed E-state index contributed by atoms with van der Waals surface area (Å²) >= 11 is 1.43. The molecule has 6 heteroatoms. The number of thiophene rings is 1. The Balaban J connectivity index is 1.96. The monoisotopic (exact) mass is 356 g/mol. The predicted molar refractivity (Wildman–Crippen MR) is 99.9 cm³/mol. The molecule has 0 radical (unpaired) electrons. The van der Waals surface area contributed by atoms with Gasteiger partial charge in [0.15, 0.2) is 0 Å². The summed E-state index contributed by atoms with van der Waals surface area (Å²) in [4.78, 5) is 29.8. The van der Waals surface area contributed by atoms with Gasteiger partial charge in [-0.15, -0.1) is 11.3 Å². The molecule has 0 N–H and O–H groups in total. The molecule has 0 aliphatic carbocycles. The largest absolute Gasteiger partial charge is 0.464 e. The van der Waals surface area contributed by atoms with Crippen LogP contribution in [0.15, 0.2) is 40.8 Å². The Kier molecular flexibility index (Phi) is 4.99. The number of fused-ring (bicyclic) bond motifs is 1. The van der Waals surface area contributed by atoms with Crippen molar-refractivity contribution in [3.05, 3.63) is 51.9 Å². The molecule has 0 fully saturated rings. The number of ether oxygens (including phenoxy) is 1. The van der Waals surface area contributed by atoms with Crippen LogP contribution >= 0.6 is 11.3 Å². The first kappa shape index (κ1) is 17.4. The zero-order valence-corrected chi connectivity index (χ0v) is 15.3. The van der Waals surface area contributed by atoms with Crippen molar-refractivity contribution >= 4 is 27.5 Å². The van der Waals surface area contributed by atoms with E-state index in [1.54, 1.807) is 0 Å². The molecule has 0 saturated heterocycles. The SMILES string of the molecule is Cc1ccc(-c2csc3ncn(CC(=O)OCC(C)C)c(=O)c23)cc1. The van der Waals surface area contributed by atoms with Gasteiger partial charge in [0.2, 0.25) is 0 Å². The summed E-state index contributed by atoms with van der Waals surface area (Å²) in [6.07, 6.45) is 1.41. The van der Waals surface area contributed by atoms with Crippen molar-refractivity contribution in [2.45, 2.75) is 27.3 Å². The second-order valence-electron chi connectivity index (χ2n) is 6.45. The highest BCUT2D eigenvalue weighted by atomic mass is 32.1. The lowest BCUT2D eigenvalue weighted by atomic mass is 10.1. The van der Waals surface area contributed by atoms with Gasteiger partial charge in [-0.2, -0.15) is 0 Å². The second kappa shape index (κ2) is 7.19. The Morgan fingerprint density at radius 2 is 2.00 bits per heavy atom. The van der Waals surface area contributed by atoms with E-state index in [0.29, 0.717) is 16.8 Å². The van der Waals surface area contributed by atoms with Crippen molar-refractivity contribution in [1.82, 2.24) is 9.55 Å². The number of esters is 1. The summed E-state index contributed by atoms with van der Waals surface area (Å²) in [5.74, 6) is -0.171. The molecule has 0 aliphatic rings. The second-order valence-corrected chi connectivity index (χ2v) is 7.31. The molecule has 0 spiro atoms. The van der Waals surface area contributed by atoms with E-state index in [9.17, 15) is 9.59 Å². The van der Waals surface area contributed by atoms with Crippen LogP contribution in [0.4, 0.5) is 0 Å². The molecule has 0 unspecified atom stereocenters. The molecule has 130 valence electrons. The summed E-state index contributed by atoms with van der Waals surface area (Å²) in [7, 11) is 0. The minimum absolute atomic E-state index is 0.127. The number of rotatable bonds is 5. The lowest BCUT2D eigenvalue weighted by molar-refractivity contribution is -0.145. The van der Waals surface area contributed by atoms with Gasteiger partial charge < -0.3 is 4.74 Å². The number of nitrogens with zero attached hydrogens (tertiary/aromatic N) is 2. The van der Waals surface area contributed by atoms with Crippen LogP contribution < -0.4 is 5.56 Å². The van der Waals surface area contributed by atoms with Gasteiger partial charge in [0, 0.05) is 10.9 Å². The molecule has 25 heavy (non-hydrogen) atoms. The van der Waals surface area contributed by atoms with Crippen LogP contribution in [-0.2, 0) is 16.1 Å². The first-order valence-corrected chi connectivity index (χ1v) is 9.03. The lowest BCUT2D eigenvalue weighted by Crippen LogP contribution is -2.26. The van der Waals surface area contributed by atoms with E-state index < -0.39 is 5.97 Å². The van der Waals surface area contributed by atoms with Crippen molar-refractivity contribution < 1.29 is 9.53 Å². The number of benzene rings is 1. The van der Waals surface area contributed by atoms with Gasteiger partial charge in [0.05, 0.1) is 18.3 Å². The lowest BCUT2D eigenvalue weighted by Gasteiger charge is -2.09. The molecule has 0 bridgehead atoms. The molecule has 1 aromatic carbocycles. The van der Waals surface area contributed by atoms with E-state index in [-0.39, 0.29) is 18.0 Å². The molecule has 2 aromatic heterocycles. The molecular weight excluding hydrogens is 336 g/mol. The van der Waals surface area contributed by atoms with Crippen LogP contribution in [0.3, 0.4) is 0 Å². The molecule has 5 nitrogen and oxygen atoms in total.